The average Bonchev–Trinajstić information content (AvgIpc) is 2.47. The van der Waals surface area contributed by atoms with Crippen LogP contribution in [0.1, 0.15) is 32.6 Å². The molecule has 0 aromatic carbocycles. The summed E-state index contributed by atoms with van der Waals surface area (Å²) in [7, 11) is 0. The molecule has 24 heavy (non-hydrogen) atoms. The summed E-state index contributed by atoms with van der Waals surface area (Å²) < 4.78 is 2.99. The molecule has 0 aromatic rings. The van der Waals surface area contributed by atoms with Crippen LogP contribution in [-0.4, -0.2) is 59.8 Å². The second kappa shape index (κ2) is 16.0. The monoisotopic (exact) mass is 420 g/mol. The smallest absolute Gasteiger partial charge is 0.147 e. The van der Waals surface area contributed by atoms with Crippen molar-refractivity contribution in [3.63, 3.8) is 0 Å². The fourth-order valence-corrected chi connectivity index (χ4v) is 5.67. The van der Waals surface area contributed by atoms with E-state index in [2.05, 4.69) is 29.8 Å². The van der Waals surface area contributed by atoms with E-state index in [-0.39, 0.29) is 24.8 Å². The van der Waals surface area contributed by atoms with Crippen LogP contribution in [-0.2, 0) is 21.6 Å². The largest absolute Gasteiger partial charge is 0.147 e. The van der Waals surface area contributed by atoms with Crippen LogP contribution in [0.4, 0.5) is 0 Å². The van der Waals surface area contributed by atoms with Crippen molar-refractivity contribution in [2.45, 2.75) is 43.1 Å². The molecule has 3 N–H and O–H groups in total. The second-order valence-corrected chi connectivity index (χ2v) is 13.7. The predicted molar refractivity (Wildman–Crippen MR) is 106 cm³/mol. The number of nitrogens with one attached hydrogen (secondary N) is 3. The minimum atomic E-state index is -2.46. The molecule has 1 aliphatic heterocycles. The molecule has 8 heteroatoms. The zero-order valence-electron chi connectivity index (χ0n) is 15.7. The van der Waals surface area contributed by atoms with Gasteiger partial charge >= 0.3 is 140 Å². The Labute approximate surface area is 164 Å². The molecule has 0 aromatic heterocycles. The molecule has 1 saturated heterocycles. The van der Waals surface area contributed by atoms with Crippen molar-refractivity contribution in [3.8, 4) is 0 Å². The Balaban J connectivity index is 0. The topological polar surface area (TPSA) is 56.4 Å². The van der Waals surface area contributed by atoms with Gasteiger partial charge in [0.2, 0.25) is 0 Å². The summed E-state index contributed by atoms with van der Waals surface area (Å²) in [5.41, 5.74) is 0. The maximum Gasteiger partial charge on any atom is -0.147 e. The van der Waals surface area contributed by atoms with Gasteiger partial charge in [0.25, 0.3) is 0 Å². The van der Waals surface area contributed by atoms with Crippen LogP contribution in [0.5, 0.6) is 0 Å². The molecule has 0 bridgehead atoms. The molecular weight excluding hydrogens is 383 g/mol. The Morgan fingerprint density at radius 1 is 0.750 bits per heavy atom. The fraction of sp³-hybridized carbons (Fsp3) is 0.938. The van der Waals surface area contributed by atoms with Gasteiger partial charge in [0.05, 0.1) is 0 Å². The van der Waals surface area contributed by atoms with Crippen molar-refractivity contribution < 1.29 is 21.6 Å². The fourth-order valence-electron chi connectivity index (χ4n) is 2.74. The summed E-state index contributed by atoms with van der Waals surface area (Å²) in [4.78, 5) is 12.0. The zero-order valence-corrected chi connectivity index (χ0v) is 18.9. The van der Waals surface area contributed by atoms with Crippen molar-refractivity contribution in [2.75, 3.05) is 52.4 Å². The molecule has 0 radical (unpaired) electrons. The van der Waals surface area contributed by atoms with Crippen LogP contribution in [0, 0.1) is 0 Å². The van der Waals surface area contributed by atoms with Crippen LogP contribution < -0.4 is 16.0 Å². The maximum absolute atomic E-state index is 12.0. The molecule has 1 fully saturated rings. The number of rotatable bonds is 2. The third kappa shape index (κ3) is 11.4. The molecule has 0 spiro atoms. The molecule has 1 aliphatic rings. The molecule has 5 nitrogen and oxygen atoms in total. The van der Waals surface area contributed by atoms with E-state index >= 15 is 0 Å². The van der Waals surface area contributed by atoms with E-state index in [1.165, 1.54) is 12.8 Å². The van der Waals surface area contributed by atoms with Gasteiger partial charge in [0.1, 0.15) is 0 Å². The van der Waals surface area contributed by atoms with E-state index in [1.807, 2.05) is 0 Å². The summed E-state index contributed by atoms with van der Waals surface area (Å²) in [5.74, 6) is 0. The van der Waals surface area contributed by atoms with E-state index in [1.54, 1.807) is 6.92 Å². The molecule has 0 saturated carbocycles. The van der Waals surface area contributed by atoms with Gasteiger partial charge in [-0.1, -0.05) is 0 Å². The van der Waals surface area contributed by atoms with Crippen LogP contribution in [0.2, 0.25) is 10.5 Å². The first kappa shape index (κ1) is 27.0. The van der Waals surface area contributed by atoms with E-state index in [9.17, 15) is 4.79 Å². The van der Waals surface area contributed by atoms with Crippen LogP contribution in [0.3, 0.4) is 0 Å². The number of halogens is 2. The second-order valence-electron chi connectivity index (χ2n) is 6.77. The Hall–Kier alpha value is 0.804. The maximum atomic E-state index is 12.0. The van der Waals surface area contributed by atoms with Crippen LogP contribution >= 0.6 is 24.8 Å². The molecule has 1 rings (SSSR count). The summed E-state index contributed by atoms with van der Waals surface area (Å²) >= 11 is -2.46. The number of hydrogen-bond donors (Lipinski definition) is 3. The zero-order chi connectivity index (χ0) is 16.3. The number of nitrogens with zero attached hydrogens (tertiary/aromatic N) is 1. The molecule has 0 aliphatic carbocycles. The molecular formula is C16H38Cl2N4OTi. The number of carbonyl (C=O) groups is 1. The van der Waals surface area contributed by atoms with Gasteiger partial charge in [-0.15, -0.1) is 24.8 Å². The average molecular weight is 421 g/mol. The molecule has 1 heterocycles. The SMILES string of the molecule is C[C](=O)[Ti]([CH3])([CH3])[N]1CCCNCCCNCCCNCCC1.Cl.Cl. The van der Waals surface area contributed by atoms with Crippen molar-refractivity contribution in [3.05, 3.63) is 0 Å². The predicted octanol–water partition coefficient (Wildman–Crippen LogP) is 2.19. The van der Waals surface area contributed by atoms with Gasteiger partial charge in [0, 0.05) is 0 Å². The number of hydrogen-bond acceptors (Lipinski definition) is 5. The minimum Gasteiger partial charge on any atom is -0.147 e. The van der Waals surface area contributed by atoms with Gasteiger partial charge in [-0.3, -0.25) is 0 Å². The van der Waals surface area contributed by atoms with Crippen LogP contribution in [0.25, 0.3) is 0 Å². The van der Waals surface area contributed by atoms with Crippen molar-refractivity contribution in [1.29, 1.82) is 0 Å². The molecule has 0 unspecified atom stereocenters. The van der Waals surface area contributed by atoms with Gasteiger partial charge in [0.15, 0.2) is 0 Å². The minimum absolute atomic E-state index is 0. The Morgan fingerprint density at radius 3 is 1.42 bits per heavy atom. The van der Waals surface area contributed by atoms with E-state index in [0.29, 0.717) is 4.09 Å². The third-order valence-electron chi connectivity index (χ3n) is 4.63. The Kier molecular flexibility index (Phi) is 18.0. The van der Waals surface area contributed by atoms with E-state index in [0.717, 1.165) is 65.2 Å². The summed E-state index contributed by atoms with van der Waals surface area (Å²) in [6.45, 7) is 10.4. The Bertz CT molecular complexity index is 306. The van der Waals surface area contributed by atoms with E-state index in [4.69, 9.17) is 0 Å². The first-order valence-corrected chi connectivity index (χ1v) is 13.5. The molecule has 146 valence electrons. The van der Waals surface area contributed by atoms with Crippen molar-refractivity contribution in [2.24, 2.45) is 0 Å². The molecule has 0 atom stereocenters. The van der Waals surface area contributed by atoms with Gasteiger partial charge in [-0.05, 0) is 0 Å². The van der Waals surface area contributed by atoms with Crippen LogP contribution in [0.15, 0.2) is 0 Å². The van der Waals surface area contributed by atoms with Crippen molar-refractivity contribution in [1.82, 2.24) is 19.3 Å². The first-order chi connectivity index (χ1) is 10.5. The number of carbonyl (C=O) groups excluding carboxylic acids is 1. The normalized spacial score (nSPS) is 20.5. The van der Waals surface area contributed by atoms with Gasteiger partial charge in [-0.2, -0.15) is 0 Å². The van der Waals surface area contributed by atoms with Gasteiger partial charge < -0.3 is 0 Å². The molecule has 0 amide bonds. The summed E-state index contributed by atoms with van der Waals surface area (Å²) in [6.07, 6.45) is 4.66. The van der Waals surface area contributed by atoms with E-state index < -0.39 is 16.8 Å². The van der Waals surface area contributed by atoms with Crippen molar-refractivity contribution >= 4 is 28.9 Å². The standard InChI is InChI=1S/C12H27N4.C2H3O.2CH3.2ClH.Ti/c1-5-13-7-2-9-15-11-4-12-16-10-3-8-14-6-1;1-2-3;;;;;/h13-15H,1-12H2;1H3;2*1H3;2*1H;/q-1;;;;;;+1. The third-order valence-corrected chi connectivity index (χ3v) is 10.5. The first-order valence-electron chi connectivity index (χ1n) is 8.93. The van der Waals surface area contributed by atoms with Gasteiger partial charge in [-0.25, -0.2) is 0 Å². The quantitative estimate of drug-likeness (QED) is 0.597. The Morgan fingerprint density at radius 2 is 1.08 bits per heavy atom. The summed E-state index contributed by atoms with van der Waals surface area (Å²) in [6, 6.07) is 0. The summed E-state index contributed by atoms with van der Waals surface area (Å²) in [5, 5.41) is 15.0.